The number of hydrogen-bond donors (Lipinski definition) is 7. The lowest BCUT2D eigenvalue weighted by Crippen LogP contribution is -2.94. The van der Waals surface area contributed by atoms with E-state index in [1.54, 1.807) is 6.92 Å². The minimum atomic E-state index is -1.39. The highest BCUT2D eigenvalue weighted by atomic mass is 16.6. The minimum Gasteiger partial charge on any atom is -0.396 e. The summed E-state index contributed by atoms with van der Waals surface area (Å²) in [6, 6.07) is 0. The Labute approximate surface area is 325 Å². The molecule has 9 N–H and O–H groups in total. The molecule has 7 aliphatic rings. The lowest BCUT2D eigenvalue weighted by Gasteiger charge is -2.63. The lowest BCUT2D eigenvalue weighted by molar-refractivity contribution is -0.699. The Balaban J connectivity index is 1.19. The van der Waals surface area contributed by atoms with Gasteiger partial charge in [-0.05, 0) is 124 Å². The number of piperidine rings is 1. The second-order valence-electron chi connectivity index (χ2n) is 21.1. The van der Waals surface area contributed by atoms with Crippen molar-refractivity contribution in [2.24, 2.45) is 57.5 Å². The van der Waals surface area contributed by atoms with Crippen LogP contribution in [0.4, 0.5) is 0 Å². The van der Waals surface area contributed by atoms with Crippen molar-refractivity contribution in [3.8, 4) is 0 Å². The predicted octanol–water partition coefficient (Wildman–Crippen LogP) is 4.89. The third-order valence-electron chi connectivity index (χ3n) is 17.9. The molecular weight excluding hydrogens is 681 g/mol. The summed E-state index contributed by atoms with van der Waals surface area (Å²) in [7, 11) is 0. The first-order valence-electron chi connectivity index (χ1n) is 22.4. The van der Waals surface area contributed by atoms with Gasteiger partial charge in [0, 0.05) is 23.2 Å². The number of quaternary nitrogens is 1. The molecule has 7 rings (SSSR count). The number of aliphatic hydroxyl groups excluding tert-OH is 2. The molecule has 15 atom stereocenters. The monoisotopic (exact) mass is 758 g/mol. The first-order valence-corrected chi connectivity index (χ1v) is 22.4. The number of nitrogens with two attached hydrogens (primary N) is 2. The molecule has 9 nitrogen and oxygen atoms in total. The number of epoxide rings is 1. The zero-order chi connectivity index (χ0) is 38.9. The molecule has 6 fully saturated rings. The van der Waals surface area contributed by atoms with Gasteiger partial charge in [0.25, 0.3) is 0 Å². The summed E-state index contributed by atoms with van der Waals surface area (Å²) in [5, 5.41) is 62.6. The van der Waals surface area contributed by atoms with E-state index < -0.39 is 45.9 Å². The summed E-state index contributed by atoms with van der Waals surface area (Å²) in [6.45, 7) is 11.1. The highest BCUT2D eigenvalue weighted by molar-refractivity contribution is 5.95. The topological polar surface area (TPSA) is 173 Å². The van der Waals surface area contributed by atoms with Crippen LogP contribution in [-0.2, 0) is 9.53 Å². The summed E-state index contributed by atoms with van der Waals surface area (Å²) in [5.74, 6) is 1.02. The van der Waals surface area contributed by atoms with Crippen molar-refractivity contribution in [3.05, 3.63) is 11.6 Å². The third-order valence-corrected chi connectivity index (χ3v) is 17.9. The van der Waals surface area contributed by atoms with Crippen LogP contribution in [0.15, 0.2) is 11.6 Å². The number of carbonyl (C=O) groups excluding carboxylic acids is 1. The number of rotatable bonds is 13. The largest absolute Gasteiger partial charge is 0.396 e. The van der Waals surface area contributed by atoms with Crippen LogP contribution in [0.2, 0.25) is 0 Å². The number of ketones is 1. The molecule has 4 saturated carbocycles. The van der Waals surface area contributed by atoms with Crippen LogP contribution in [0.3, 0.4) is 0 Å². The maximum Gasteiger partial charge on any atom is 0.159 e. The molecular formula is C45H77N2O7+. The zero-order valence-corrected chi connectivity index (χ0v) is 34.4. The van der Waals surface area contributed by atoms with Crippen LogP contribution in [0, 0.1) is 51.8 Å². The van der Waals surface area contributed by atoms with E-state index in [1.807, 2.05) is 13.0 Å². The SMILES string of the molecule is CCC[C@](O)([C@@H]1O[C@@H]1[C@](C)(O)[C@](C)(CO)CCC1CC[NH2+]C(N)C1)[C@@H]1CC[C@]2(O)C3=CC(=O)[C@H]4C[C@@H](O)CC[C@]4(C)[C@@H]3[C@@H](CCC3CCCCC3)C[C@]12C. The molecule has 0 aromatic heterocycles. The smallest absolute Gasteiger partial charge is 0.159 e. The summed E-state index contributed by atoms with van der Waals surface area (Å²) in [5.41, 5.74) is 1.38. The van der Waals surface area contributed by atoms with Gasteiger partial charge in [-0.25, -0.2) is 0 Å². The van der Waals surface area contributed by atoms with Crippen molar-refractivity contribution in [1.29, 1.82) is 0 Å². The van der Waals surface area contributed by atoms with Gasteiger partial charge in [-0.1, -0.05) is 72.6 Å². The van der Waals surface area contributed by atoms with Gasteiger partial charge in [0.15, 0.2) is 5.78 Å². The number of carbonyl (C=O) groups is 1. The molecule has 2 heterocycles. The van der Waals surface area contributed by atoms with Crippen LogP contribution in [-0.4, -0.2) is 85.7 Å². The molecule has 0 aromatic rings. The van der Waals surface area contributed by atoms with E-state index in [1.165, 1.54) is 32.1 Å². The summed E-state index contributed by atoms with van der Waals surface area (Å²) < 4.78 is 6.49. The van der Waals surface area contributed by atoms with Crippen molar-refractivity contribution in [2.45, 2.75) is 198 Å². The Bertz CT molecular complexity index is 1400. The van der Waals surface area contributed by atoms with Gasteiger partial charge in [-0.15, -0.1) is 0 Å². The van der Waals surface area contributed by atoms with E-state index >= 15 is 0 Å². The van der Waals surface area contributed by atoms with Crippen LogP contribution in [0.25, 0.3) is 0 Å². The van der Waals surface area contributed by atoms with E-state index in [2.05, 4.69) is 26.1 Å². The van der Waals surface area contributed by atoms with Gasteiger partial charge in [0.05, 0.1) is 36.1 Å². The molecule has 5 aliphatic carbocycles. The van der Waals surface area contributed by atoms with E-state index in [-0.39, 0.29) is 47.6 Å². The maximum atomic E-state index is 14.1. The highest BCUT2D eigenvalue weighted by Crippen LogP contribution is 2.72. The fourth-order valence-electron chi connectivity index (χ4n) is 14.3. The molecule has 308 valence electrons. The summed E-state index contributed by atoms with van der Waals surface area (Å²) >= 11 is 0. The minimum absolute atomic E-state index is 0.0525. The molecule has 0 spiro atoms. The molecule has 0 amide bonds. The molecule has 2 unspecified atom stereocenters. The van der Waals surface area contributed by atoms with E-state index in [0.717, 1.165) is 69.4 Å². The normalized spacial score (nSPS) is 45.9. The Hall–Kier alpha value is -0.910. The molecule has 0 aromatic carbocycles. The molecule has 9 heteroatoms. The Morgan fingerprint density at radius 3 is 2.37 bits per heavy atom. The van der Waals surface area contributed by atoms with Crippen molar-refractivity contribution in [1.82, 2.24) is 0 Å². The predicted molar refractivity (Wildman–Crippen MR) is 209 cm³/mol. The molecule has 54 heavy (non-hydrogen) atoms. The van der Waals surface area contributed by atoms with E-state index in [9.17, 15) is 30.3 Å². The third kappa shape index (κ3) is 6.72. The lowest BCUT2D eigenvalue weighted by atomic mass is 9.42. The number of hydrogen-bond acceptors (Lipinski definition) is 8. The Kier molecular flexibility index (Phi) is 11.5. The summed E-state index contributed by atoms with van der Waals surface area (Å²) in [4.78, 5) is 14.1. The quantitative estimate of drug-likeness (QED) is 0.130. The average Bonchev–Trinajstić information content (AvgIpc) is 3.91. The van der Waals surface area contributed by atoms with E-state index in [0.29, 0.717) is 44.4 Å². The average molecular weight is 758 g/mol. The number of fused-ring (bicyclic) bond motifs is 5. The molecule has 0 bridgehead atoms. The molecule has 2 aliphatic heterocycles. The van der Waals surface area contributed by atoms with E-state index in [4.69, 9.17) is 10.5 Å². The number of allylic oxidation sites excluding steroid dienone is 1. The first kappa shape index (κ1) is 41.3. The number of aliphatic hydroxyl groups is 5. The van der Waals surface area contributed by atoms with Crippen molar-refractivity contribution >= 4 is 5.78 Å². The fraction of sp³-hybridized carbons (Fsp3) is 0.933. The highest BCUT2D eigenvalue weighted by Gasteiger charge is 2.74. The Morgan fingerprint density at radius 2 is 1.69 bits per heavy atom. The van der Waals surface area contributed by atoms with Crippen molar-refractivity contribution in [2.75, 3.05) is 13.2 Å². The van der Waals surface area contributed by atoms with Gasteiger partial charge >= 0.3 is 0 Å². The van der Waals surface area contributed by atoms with Gasteiger partial charge in [0.1, 0.15) is 18.4 Å². The van der Waals surface area contributed by atoms with Crippen molar-refractivity contribution < 1.29 is 40.4 Å². The fourth-order valence-corrected chi connectivity index (χ4v) is 14.3. The van der Waals surface area contributed by atoms with Crippen LogP contribution >= 0.6 is 0 Å². The summed E-state index contributed by atoms with van der Waals surface area (Å²) in [6.07, 6.45) is 17.4. The molecule has 2 saturated heterocycles. The second-order valence-corrected chi connectivity index (χ2v) is 21.1. The van der Waals surface area contributed by atoms with Gasteiger partial charge in [-0.3, -0.25) is 10.5 Å². The second kappa shape index (κ2) is 15.0. The molecule has 0 radical (unpaired) electrons. The first-order chi connectivity index (χ1) is 25.5. The van der Waals surface area contributed by atoms with Crippen LogP contribution in [0.1, 0.15) is 157 Å². The van der Waals surface area contributed by atoms with Gasteiger partial charge in [-0.2, -0.15) is 0 Å². The number of ether oxygens (including phenoxy) is 1. The standard InChI is InChI=1S/C45H76N2O7/c1-6-18-44(52,39-38(54-39)43(5,51)40(2,27-48)19-14-29-17-22-47-36(46)23-29)35-16-21-45(53)33-25-34(50)32-24-31(49)15-20-41(32,3)37(33)30(26-42(35,45)4)13-12-28-10-8-7-9-11-28/h25,28-32,35-39,47-49,51-53H,6-24,26-27,46H2,1-5H3/p+1/t29?,30-,31-,32+,35+,36?,37+,38-,39+,40-,41-,42+,43-,44+,45-/m0/s1. The van der Waals surface area contributed by atoms with Gasteiger partial charge in [0.2, 0.25) is 0 Å². The maximum absolute atomic E-state index is 14.1. The van der Waals surface area contributed by atoms with Crippen molar-refractivity contribution in [3.63, 3.8) is 0 Å². The Morgan fingerprint density at radius 1 is 0.944 bits per heavy atom. The van der Waals surface area contributed by atoms with Crippen LogP contribution < -0.4 is 11.1 Å². The zero-order valence-electron chi connectivity index (χ0n) is 34.4. The van der Waals surface area contributed by atoms with Gasteiger partial charge < -0.3 is 35.6 Å². The van der Waals surface area contributed by atoms with Crippen LogP contribution in [0.5, 0.6) is 0 Å².